The number of hydrogen-bond donors (Lipinski definition) is 1. The second-order valence-corrected chi connectivity index (χ2v) is 9.24. The number of carboxylic acid groups (broad SMARTS) is 1. The minimum Gasteiger partial charge on any atom is -0.480 e. The van der Waals surface area contributed by atoms with E-state index < -0.39 is 5.97 Å². The number of rotatable bonds is 16. The number of hydrogen-bond acceptors (Lipinski definition) is 8. The van der Waals surface area contributed by atoms with Crippen molar-refractivity contribution in [3.8, 4) is 0 Å². The molecular weight excluding hydrogens is 458 g/mol. The number of carboxylic acids is 1. The van der Waals surface area contributed by atoms with E-state index in [1.807, 2.05) is 0 Å². The molecule has 0 atom stereocenters. The van der Waals surface area contributed by atoms with Gasteiger partial charge in [-0.2, -0.15) is 0 Å². The van der Waals surface area contributed by atoms with Gasteiger partial charge < -0.3 is 24.7 Å². The largest absolute Gasteiger partial charge is 0.480 e. The van der Waals surface area contributed by atoms with E-state index in [0.717, 1.165) is 0 Å². The van der Waals surface area contributed by atoms with Gasteiger partial charge in [0.25, 0.3) is 0 Å². The lowest BCUT2D eigenvalue weighted by atomic mass is 10.3. The van der Waals surface area contributed by atoms with Gasteiger partial charge in [-0.3, -0.25) is 38.7 Å². The summed E-state index contributed by atoms with van der Waals surface area (Å²) < 4.78 is 0. The first-order valence-corrected chi connectivity index (χ1v) is 11.3. The minimum atomic E-state index is -1.02. The monoisotopic (exact) mass is 501 g/mol. The highest BCUT2D eigenvalue weighted by molar-refractivity contribution is 5.81. The molecule has 0 spiro atoms. The molecule has 0 heterocycles. The van der Waals surface area contributed by atoms with Crippen molar-refractivity contribution >= 4 is 29.6 Å². The van der Waals surface area contributed by atoms with Gasteiger partial charge in [0.05, 0.1) is 32.7 Å². The van der Waals surface area contributed by atoms with Crippen LogP contribution in [0.5, 0.6) is 0 Å². The van der Waals surface area contributed by atoms with E-state index in [1.54, 1.807) is 71.1 Å². The number of carbonyl (C=O) groups is 5. The normalized spacial score (nSPS) is 11.1. The molecule has 0 aliphatic carbocycles. The molecule has 0 unspecified atom stereocenters. The minimum absolute atomic E-state index is 0.0221. The van der Waals surface area contributed by atoms with E-state index in [9.17, 15) is 29.1 Å². The third kappa shape index (κ3) is 14.3. The fraction of sp³-hybridized carbons (Fsp3) is 0.773. The quantitative estimate of drug-likeness (QED) is 0.241. The van der Waals surface area contributed by atoms with Crippen LogP contribution in [0.4, 0.5) is 0 Å². The first-order chi connectivity index (χ1) is 16.1. The van der Waals surface area contributed by atoms with Crippen molar-refractivity contribution in [1.29, 1.82) is 0 Å². The van der Waals surface area contributed by atoms with Crippen molar-refractivity contribution in [2.24, 2.45) is 0 Å². The predicted octanol–water partition coefficient (Wildman–Crippen LogP) is -2.67. The zero-order valence-corrected chi connectivity index (χ0v) is 22.5. The van der Waals surface area contributed by atoms with Crippen LogP contribution >= 0.6 is 0 Å². The van der Waals surface area contributed by atoms with E-state index >= 15 is 0 Å². The predicted molar refractivity (Wildman–Crippen MR) is 132 cm³/mol. The Labute approximate surface area is 208 Å². The summed E-state index contributed by atoms with van der Waals surface area (Å²) in [6.07, 6.45) is 0. The smallest absolute Gasteiger partial charge is 0.317 e. The van der Waals surface area contributed by atoms with E-state index in [2.05, 4.69) is 0 Å². The van der Waals surface area contributed by atoms with Crippen LogP contribution in [0.1, 0.15) is 0 Å². The van der Waals surface area contributed by atoms with E-state index in [0.29, 0.717) is 13.1 Å². The molecule has 35 heavy (non-hydrogen) atoms. The van der Waals surface area contributed by atoms with Crippen molar-refractivity contribution in [2.45, 2.75) is 0 Å². The Balaban J connectivity index is 5.37. The summed E-state index contributed by atoms with van der Waals surface area (Å²) in [4.78, 5) is 71.1. The molecule has 4 amide bonds. The Bertz CT molecular complexity index is 631. The van der Waals surface area contributed by atoms with Crippen molar-refractivity contribution in [3.63, 3.8) is 0 Å². The zero-order chi connectivity index (χ0) is 27.3. The lowest BCUT2D eigenvalue weighted by Gasteiger charge is -2.30. The Morgan fingerprint density at radius 2 is 0.657 bits per heavy atom. The molecule has 0 bridgehead atoms. The first kappa shape index (κ1) is 32.2. The molecule has 0 fully saturated rings. The lowest BCUT2D eigenvalue weighted by molar-refractivity contribution is -0.139. The zero-order valence-electron chi connectivity index (χ0n) is 22.5. The van der Waals surface area contributed by atoms with Gasteiger partial charge in [-0.15, -0.1) is 0 Å². The molecule has 0 aromatic rings. The van der Waals surface area contributed by atoms with Crippen molar-refractivity contribution in [3.05, 3.63) is 0 Å². The Hall–Kier alpha value is -2.77. The molecule has 1 N–H and O–H groups in total. The maximum atomic E-state index is 12.2. The van der Waals surface area contributed by atoms with Crippen molar-refractivity contribution in [2.75, 3.05) is 115 Å². The van der Waals surface area contributed by atoms with Gasteiger partial charge in [-0.1, -0.05) is 0 Å². The molecule has 202 valence electrons. The molecule has 13 heteroatoms. The first-order valence-electron chi connectivity index (χ1n) is 11.3. The number of aliphatic carboxylic acids is 1. The second kappa shape index (κ2) is 16.0. The fourth-order valence-corrected chi connectivity index (χ4v) is 2.79. The summed E-state index contributed by atoms with van der Waals surface area (Å²) in [5, 5.41) is 9.38. The second-order valence-electron chi connectivity index (χ2n) is 9.24. The Morgan fingerprint density at radius 3 is 0.857 bits per heavy atom. The molecular formula is C22H43N7O6. The van der Waals surface area contributed by atoms with Crippen LogP contribution < -0.4 is 0 Å². The number of nitrogens with zero attached hydrogens (tertiary/aromatic N) is 7. The maximum Gasteiger partial charge on any atom is 0.317 e. The van der Waals surface area contributed by atoms with Gasteiger partial charge in [0.15, 0.2) is 0 Å². The molecule has 0 saturated heterocycles. The van der Waals surface area contributed by atoms with Gasteiger partial charge in [0, 0.05) is 82.6 Å². The third-order valence-electron chi connectivity index (χ3n) is 5.25. The summed E-state index contributed by atoms with van der Waals surface area (Å²) in [7, 11) is 13.0. The van der Waals surface area contributed by atoms with Gasteiger partial charge in [-0.05, 0) is 0 Å². The summed E-state index contributed by atoms with van der Waals surface area (Å²) in [6, 6.07) is 0. The number of amides is 4. The average Bonchev–Trinajstić information content (AvgIpc) is 2.73. The molecule has 0 aromatic carbocycles. The van der Waals surface area contributed by atoms with Crippen LogP contribution in [0.15, 0.2) is 0 Å². The summed E-state index contributed by atoms with van der Waals surface area (Å²) >= 11 is 0. The van der Waals surface area contributed by atoms with Crippen LogP contribution in [0.3, 0.4) is 0 Å². The van der Waals surface area contributed by atoms with Crippen molar-refractivity contribution in [1.82, 2.24) is 34.3 Å². The third-order valence-corrected chi connectivity index (χ3v) is 5.25. The molecule has 0 aliphatic rings. The van der Waals surface area contributed by atoms with Crippen LogP contribution in [0, 0.1) is 0 Å². The molecule has 0 saturated carbocycles. The van der Waals surface area contributed by atoms with Gasteiger partial charge >= 0.3 is 5.97 Å². The van der Waals surface area contributed by atoms with Crippen LogP contribution in [-0.4, -0.2) is 184 Å². The number of likely N-dealkylation sites (N-methyl/N-ethyl adjacent to an activating group) is 4. The lowest BCUT2D eigenvalue weighted by Crippen LogP contribution is -2.48. The fourth-order valence-electron chi connectivity index (χ4n) is 2.79. The standard InChI is InChI=1S/C22H43N7O6/c1-23(2)18(30)13-28(14-19(31)24(3)4)11-9-27(17-22(34)35)10-12-29(15-20(32)25(5)6)16-21(33)26(7)8/h9-17H2,1-8H3,(H,34,35). The summed E-state index contributed by atoms with van der Waals surface area (Å²) in [6.45, 7) is 0.981. The molecule has 0 aromatic heterocycles. The van der Waals surface area contributed by atoms with Gasteiger partial charge in [0.1, 0.15) is 0 Å². The van der Waals surface area contributed by atoms with E-state index in [1.165, 1.54) is 19.6 Å². The van der Waals surface area contributed by atoms with Crippen LogP contribution in [0.25, 0.3) is 0 Å². The van der Waals surface area contributed by atoms with E-state index in [4.69, 9.17) is 0 Å². The highest BCUT2D eigenvalue weighted by atomic mass is 16.4. The van der Waals surface area contributed by atoms with Crippen LogP contribution in [0.2, 0.25) is 0 Å². The van der Waals surface area contributed by atoms with E-state index in [-0.39, 0.29) is 69.4 Å². The van der Waals surface area contributed by atoms with Gasteiger partial charge in [-0.25, -0.2) is 0 Å². The average molecular weight is 502 g/mol. The molecule has 13 nitrogen and oxygen atoms in total. The topological polar surface area (TPSA) is 128 Å². The highest BCUT2D eigenvalue weighted by Gasteiger charge is 2.21. The summed E-state index contributed by atoms with van der Waals surface area (Å²) in [5.41, 5.74) is 0. The Morgan fingerprint density at radius 1 is 0.429 bits per heavy atom. The maximum absolute atomic E-state index is 12.2. The molecule has 0 aliphatic heterocycles. The highest BCUT2D eigenvalue weighted by Crippen LogP contribution is 2.00. The molecule has 0 rings (SSSR count). The van der Waals surface area contributed by atoms with Gasteiger partial charge in [0.2, 0.25) is 23.6 Å². The SMILES string of the molecule is CN(C)C(=O)CN(CCN(CCN(CC(=O)N(C)C)CC(=O)N(C)C)CC(=O)O)CC(=O)N(C)C. The van der Waals surface area contributed by atoms with Crippen LogP contribution in [-0.2, 0) is 24.0 Å². The number of carbonyl (C=O) groups excluding carboxylic acids is 4. The Kier molecular flexibility index (Phi) is 14.7. The van der Waals surface area contributed by atoms with Crippen molar-refractivity contribution < 1.29 is 29.1 Å². The molecule has 0 radical (unpaired) electrons. The summed E-state index contributed by atoms with van der Waals surface area (Å²) in [5.74, 6) is -1.70.